The van der Waals surface area contributed by atoms with Crippen LogP contribution in [0.1, 0.15) is 12.0 Å². The van der Waals surface area contributed by atoms with Crippen molar-refractivity contribution < 1.29 is 0 Å². The summed E-state index contributed by atoms with van der Waals surface area (Å²) in [5, 5.41) is 0. The van der Waals surface area contributed by atoms with Crippen LogP contribution in [0, 0.1) is 6.92 Å². The molecule has 6 heteroatoms. The fraction of sp³-hybridized carbons (Fsp3) is 0.360. The molecule has 160 valence electrons. The van der Waals surface area contributed by atoms with Gasteiger partial charge in [0.2, 0.25) is 0 Å². The van der Waals surface area contributed by atoms with Crippen molar-refractivity contribution in [3.63, 3.8) is 0 Å². The highest BCUT2D eigenvalue weighted by atomic mass is 16.1. The Kier molecular flexibility index (Phi) is 5.24. The van der Waals surface area contributed by atoms with Gasteiger partial charge in [0.15, 0.2) is 0 Å². The molecule has 2 aromatic heterocycles. The lowest BCUT2D eigenvalue weighted by Gasteiger charge is -2.36. The summed E-state index contributed by atoms with van der Waals surface area (Å²) in [6.07, 6.45) is 7.09. The molecule has 0 amide bonds. The molecule has 6 nitrogen and oxygen atoms in total. The quantitative estimate of drug-likeness (QED) is 0.658. The summed E-state index contributed by atoms with van der Waals surface area (Å²) in [6, 6.07) is 10.2. The van der Waals surface area contributed by atoms with Gasteiger partial charge in [0.05, 0.1) is 17.6 Å². The Morgan fingerprint density at radius 2 is 1.84 bits per heavy atom. The van der Waals surface area contributed by atoms with Crippen molar-refractivity contribution in [3.8, 4) is 0 Å². The summed E-state index contributed by atoms with van der Waals surface area (Å²) >= 11 is 0. The van der Waals surface area contributed by atoms with E-state index in [4.69, 9.17) is 0 Å². The number of aromatic nitrogens is 2. The molecule has 0 aliphatic carbocycles. The van der Waals surface area contributed by atoms with Crippen molar-refractivity contribution in [1.29, 1.82) is 0 Å². The maximum absolute atomic E-state index is 13.1. The van der Waals surface area contributed by atoms with Gasteiger partial charge in [-0.25, -0.2) is 0 Å². The third-order valence-electron chi connectivity index (χ3n) is 6.36. The lowest BCUT2D eigenvalue weighted by Crippen LogP contribution is -2.48. The molecule has 0 unspecified atom stereocenters. The van der Waals surface area contributed by atoms with Gasteiger partial charge in [-0.05, 0) is 61.4 Å². The summed E-state index contributed by atoms with van der Waals surface area (Å²) in [7, 11) is 0. The summed E-state index contributed by atoms with van der Waals surface area (Å²) in [4.78, 5) is 22.6. The van der Waals surface area contributed by atoms with Gasteiger partial charge in [0.1, 0.15) is 11.4 Å². The highest BCUT2D eigenvalue weighted by Crippen LogP contribution is 2.18. The van der Waals surface area contributed by atoms with Gasteiger partial charge in [-0.1, -0.05) is 18.7 Å². The number of aryl methyl sites for hydroxylation is 2. The molecule has 1 aromatic carbocycles. The maximum Gasteiger partial charge on any atom is 0.275 e. The molecule has 1 saturated heterocycles. The highest BCUT2D eigenvalue weighted by molar-refractivity contribution is 5.94. The molecule has 5 rings (SSSR count). The monoisotopic (exact) mass is 415 g/mol. The van der Waals surface area contributed by atoms with E-state index in [1.165, 1.54) is 5.56 Å². The average molecular weight is 416 g/mol. The Labute approximate surface area is 182 Å². The Balaban J connectivity index is 1.25. The zero-order valence-corrected chi connectivity index (χ0v) is 18.1. The molecule has 2 aliphatic heterocycles. The number of amidine groups is 1. The largest absolute Gasteiger partial charge is 0.354 e. The van der Waals surface area contributed by atoms with Crippen LogP contribution >= 0.6 is 0 Å². The number of rotatable bonds is 4. The second-order valence-electron chi connectivity index (χ2n) is 8.56. The van der Waals surface area contributed by atoms with Crippen molar-refractivity contribution >= 4 is 22.4 Å². The van der Waals surface area contributed by atoms with Crippen molar-refractivity contribution in [2.75, 3.05) is 39.3 Å². The number of aliphatic imine (C=N–C) groups is 1. The van der Waals surface area contributed by atoms with Crippen LogP contribution in [0.5, 0.6) is 0 Å². The van der Waals surface area contributed by atoms with Gasteiger partial charge >= 0.3 is 0 Å². The number of dihydropyridines is 1. The average Bonchev–Trinajstić information content (AvgIpc) is 3.28. The predicted octanol–water partition coefficient (Wildman–Crippen LogP) is 3.09. The fourth-order valence-corrected chi connectivity index (χ4v) is 4.63. The number of hydrogen-bond acceptors (Lipinski definition) is 4. The van der Waals surface area contributed by atoms with Gasteiger partial charge in [0.25, 0.3) is 5.56 Å². The summed E-state index contributed by atoms with van der Waals surface area (Å²) < 4.78 is 3.97. The van der Waals surface area contributed by atoms with E-state index in [1.54, 1.807) is 0 Å². The lowest BCUT2D eigenvalue weighted by atomic mass is 10.2. The van der Waals surface area contributed by atoms with E-state index in [0.29, 0.717) is 6.54 Å². The molecule has 0 spiro atoms. The van der Waals surface area contributed by atoms with E-state index in [-0.39, 0.29) is 5.56 Å². The van der Waals surface area contributed by atoms with E-state index in [1.807, 2.05) is 27.3 Å². The number of hydrogen-bond donors (Lipinski definition) is 0. The molecule has 4 heterocycles. The second-order valence-corrected chi connectivity index (χ2v) is 8.56. The summed E-state index contributed by atoms with van der Waals surface area (Å²) in [5.41, 5.74) is 5.21. The van der Waals surface area contributed by atoms with Gasteiger partial charge in [-0.15, -0.1) is 0 Å². The first-order valence-corrected chi connectivity index (χ1v) is 11.1. The molecule has 3 aromatic rings. The first kappa shape index (κ1) is 19.8. The topological polar surface area (TPSA) is 45.2 Å². The number of nitrogens with zero attached hydrogens (tertiary/aromatic N) is 5. The minimum absolute atomic E-state index is 0.0925. The smallest absolute Gasteiger partial charge is 0.275 e. The molecular weight excluding hydrogens is 386 g/mol. The van der Waals surface area contributed by atoms with Crippen molar-refractivity contribution in [3.05, 3.63) is 76.8 Å². The molecule has 0 radical (unpaired) electrons. The molecule has 0 N–H and O–H groups in total. The highest BCUT2D eigenvalue weighted by Gasteiger charge is 2.19. The van der Waals surface area contributed by atoms with Crippen LogP contribution < -0.4 is 5.56 Å². The molecule has 31 heavy (non-hydrogen) atoms. The van der Waals surface area contributed by atoms with E-state index in [9.17, 15) is 4.79 Å². The van der Waals surface area contributed by atoms with Gasteiger partial charge in [0, 0.05) is 38.9 Å². The Morgan fingerprint density at radius 3 is 2.61 bits per heavy atom. The van der Waals surface area contributed by atoms with E-state index >= 15 is 0 Å². The summed E-state index contributed by atoms with van der Waals surface area (Å²) in [6.45, 7) is 12.5. The first-order valence-electron chi connectivity index (χ1n) is 11.1. The van der Waals surface area contributed by atoms with Crippen molar-refractivity contribution in [2.24, 2.45) is 4.99 Å². The van der Waals surface area contributed by atoms with Gasteiger partial charge in [-0.2, -0.15) is 0 Å². The standard InChI is InChI=1S/C25H29N5O/c1-19-6-8-21-23(17-19)29-11-3-5-22(29)25(31)30(21)12-4-10-27-13-15-28(16-14-27)24-9-7-20(2)18-26-24/h3,5-9,11,17H,2,4,10,12-16,18H2,1H3. The second kappa shape index (κ2) is 8.19. The molecular formula is C25H29N5O. The zero-order valence-electron chi connectivity index (χ0n) is 18.1. The minimum atomic E-state index is 0.0925. The molecule has 2 aliphatic rings. The summed E-state index contributed by atoms with van der Waals surface area (Å²) in [5.74, 6) is 1.08. The lowest BCUT2D eigenvalue weighted by molar-refractivity contribution is 0.179. The van der Waals surface area contributed by atoms with E-state index in [2.05, 4.69) is 58.6 Å². The van der Waals surface area contributed by atoms with E-state index < -0.39 is 0 Å². The van der Waals surface area contributed by atoms with Crippen LogP contribution in [-0.2, 0) is 6.54 Å². The number of benzene rings is 1. The Morgan fingerprint density at radius 1 is 1.00 bits per heavy atom. The minimum Gasteiger partial charge on any atom is -0.354 e. The van der Waals surface area contributed by atoms with Gasteiger partial charge < -0.3 is 13.9 Å². The van der Waals surface area contributed by atoms with Crippen LogP contribution in [0.25, 0.3) is 16.6 Å². The number of piperazine rings is 1. The SMILES string of the molecule is C=C1C=CC(N2CCN(CCCn3c(=O)c4cccn4c4cc(C)ccc43)CC2)=NC1. The fourth-order valence-electron chi connectivity index (χ4n) is 4.63. The van der Waals surface area contributed by atoms with Gasteiger partial charge in [-0.3, -0.25) is 14.7 Å². The number of fused-ring (bicyclic) bond motifs is 3. The molecule has 1 fully saturated rings. The van der Waals surface area contributed by atoms with Crippen molar-refractivity contribution in [2.45, 2.75) is 19.9 Å². The maximum atomic E-state index is 13.1. The third kappa shape index (κ3) is 3.83. The van der Waals surface area contributed by atoms with Crippen LogP contribution in [-0.4, -0.2) is 63.9 Å². The third-order valence-corrected chi connectivity index (χ3v) is 6.36. The Hall–Kier alpha value is -3.12. The molecule has 0 atom stereocenters. The van der Waals surface area contributed by atoms with Crippen LogP contribution in [0.3, 0.4) is 0 Å². The van der Waals surface area contributed by atoms with Crippen molar-refractivity contribution in [1.82, 2.24) is 18.8 Å². The zero-order chi connectivity index (χ0) is 21.4. The normalized spacial score (nSPS) is 17.6. The molecule has 0 bridgehead atoms. The first-order chi connectivity index (χ1) is 15.1. The predicted molar refractivity (Wildman–Crippen MR) is 127 cm³/mol. The van der Waals surface area contributed by atoms with Crippen LogP contribution in [0.15, 0.2) is 70.6 Å². The molecule has 0 saturated carbocycles. The van der Waals surface area contributed by atoms with Crippen LogP contribution in [0.2, 0.25) is 0 Å². The van der Waals surface area contributed by atoms with Crippen LogP contribution in [0.4, 0.5) is 0 Å². The Bertz CT molecular complexity index is 1250. The van der Waals surface area contributed by atoms with E-state index in [0.717, 1.165) is 73.6 Å².